The van der Waals surface area contributed by atoms with Gasteiger partial charge in [-0.25, -0.2) is 0 Å². The number of benzene rings is 2. The lowest BCUT2D eigenvalue weighted by atomic mass is 9.93. The van der Waals surface area contributed by atoms with Crippen molar-refractivity contribution >= 4 is 12.0 Å². The third-order valence-electron chi connectivity index (χ3n) is 4.33. The minimum Gasteiger partial charge on any atom is -0.372 e. The number of hydrogen-bond donors (Lipinski definition) is 0. The number of carbonyl (C=O) groups is 1. The van der Waals surface area contributed by atoms with Gasteiger partial charge in [0.25, 0.3) is 0 Å². The minimum absolute atomic E-state index is 0.611. The molecule has 0 amide bonds. The molecule has 1 heterocycles. The molecule has 0 N–H and O–H groups in total. The van der Waals surface area contributed by atoms with Crippen molar-refractivity contribution in [3.8, 4) is 11.1 Å². The van der Waals surface area contributed by atoms with Crippen LogP contribution in [0.1, 0.15) is 29.3 Å². The van der Waals surface area contributed by atoms with Crippen molar-refractivity contribution in [1.29, 1.82) is 0 Å². The number of aldehydes is 1. The molecule has 20 heavy (non-hydrogen) atoms. The van der Waals surface area contributed by atoms with Gasteiger partial charge in [0.1, 0.15) is 6.29 Å². The first-order valence-corrected chi connectivity index (χ1v) is 7.10. The smallest absolute Gasteiger partial charge is 0.150 e. The predicted molar refractivity (Wildman–Crippen MR) is 83.5 cm³/mol. The topological polar surface area (TPSA) is 20.3 Å². The first-order chi connectivity index (χ1) is 9.69. The number of nitrogens with zero attached hydrogens (tertiary/aromatic N) is 1. The fraction of sp³-hybridized carbons (Fsp3) is 0.278. The van der Waals surface area contributed by atoms with Crippen LogP contribution >= 0.6 is 0 Å². The first kappa shape index (κ1) is 12.9. The van der Waals surface area contributed by atoms with Crippen LogP contribution in [0.2, 0.25) is 0 Å². The van der Waals surface area contributed by atoms with Gasteiger partial charge in [0, 0.05) is 24.3 Å². The number of anilines is 1. The minimum atomic E-state index is 0.611. The molecule has 0 spiro atoms. The normalized spacial score (nSPS) is 17.7. The van der Waals surface area contributed by atoms with E-state index in [0.29, 0.717) is 6.04 Å². The van der Waals surface area contributed by atoms with E-state index in [4.69, 9.17) is 0 Å². The second-order valence-electron chi connectivity index (χ2n) is 5.58. The number of hydrogen-bond acceptors (Lipinski definition) is 2. The Bertz CT molecular complexity index is 630. The van der Waals surface area contributed by atoms with E-state index in [-0.39, 0.29) is 0 Å². The number of aryl methyl sites for hydroxylation is 1. The lowest BCUT2D eigenvalue weighted by Crippen LogP contribution is -2.33. The van der Waals surface area contributed by atoms with E-state index in [1.54, 1.807) is 0 Å². The Labute approximate surface area is 120 Å². The molecule has 1 atom stereocenters. The maximum Gasteiger partial charge on any atom is 0.150 e. The molecule has 102 valence electrons. The van der Waals surface area contributed by atoms with Crippen LogP contribution < -0.4 is 4.90 Å². The van der Waals surface area contributed by atoms with Crippen molar-refractivity contribution in [2.45, 2.75) is 25.8 Å². The maximum absolute atomic E-state index is 10.7. The molecular weight excluding hydrogens is 246 g/mol. The molecule has 0 aliphatic carbocycles. The van der Waals surface area contributed by atoms with Crippen LogP contribution in [-0.2, 0) is 6.42 Å². The highest BCUT2D eigenvalue weighted by molar-refractivity contribution is 5.77. The molecule has 2 aromatic carbocycles. The summed E-state index contributed by atoms with van der Waals surface area (Å²) in [4.78, 5) is 13.1. The van der Waals surface area contributed by atoms with E-state index in [9.17, 15) is 4.79 Å². The lowest BCUT2D eigenvalue weighted by molar-refractivity contribution is 0.112. The Kier molecular flexibility index (Phi) is 3.31. The third kappa shape index (κ3) is 2.22. The zero-order valence-electron chi connectivity index (χ0n) is 12.0. The Morgan fingerprint density at radius 2 is 1.80 bits per heavy atom. The van der Waals surface area contributed by atoms with Crippen molar-refractivity contribution in [2.24, 2.45) is 0 Å². The summed E-state index contributed by atoms with van der Waals surface area (Å²) in [5.41, 5.74) is 5.88. The average Bonchev–Trinajstić information content (AvgIpc) is 2.51. The zero-order valence-corrected chi connectivity index (χ0v) is 12.0. The molecule has 0 aromatic heterocycles. The Morgan fingerprint density at radius 3 is 2.50 bits per heavy atom. The Morgan fingerprint density at radius 1 is 1.10 bits per heavy atom. The van der Waals surface area contributed by atoms with Gasteiger partial charge in [-0.2, -0.15) is 0 Å². The van der Waals surface area contributed by atoms with E-state index in [1.165, 1.54) is 28.8 Å². The van der Waals surface area contributed by atoms with Gasteiger partial charge in [0.05, 0.1) is 0 Å². The van der Waals surface area contributed by atoms with E-state index in [2.05, 4.69) is 37.1 Å². The van der Waals surface area contributed by atoms with Gasteiger partial charge in [-0.05, 0) is 48.6 Å². The van der Waals surface area contributed by atoms with Crippen molar-refractivity contribution in [3.63, 3.8) is 0 Å². The average molecular weight is 265 g/mol. The van der Waals surface area contributed by atoms with Crippen molar-refractivity contribution in [2.75, 3.05) is 11.9 Å². The zero-order chi connectivity index (χ0) is 14.1. The highest BCUT2D eigenvalue weighted by Gasteiger charge is 2.19. The van der Waals surface area contributed by atoms with Crippen molar-refractivity contribution < 1.29 is 4.79 Å². The van der Waals surface area contributed by atoms with E-state index in [1.807, 2.05) is 24.3 Å². The number of fused-ring (bicyclic) bond motifs is 1. The van der Waals surface area contributed by atoms with Crippen LogP contribution in [0.15, 0.2) is 42.5 Å². The molecule has 2 nitrogen and oxygen atoms in total. The van der Waals surface area contributed by atoms with Crippen LogP contribution in [0.4, 0.5) is 5.69 Å². The van der Waals surface area contributed by atoms with Gasteiger partial charge in [-0.3, -0.25) is 4.79 Å². The van der Waals surface area contributed by atoms with Gasteiger partial charge in [-0.1, -0.05) is 30.3 Å². The predicted octanol–water partition coefficient (Wildman–Crippen LogP) is 3.94. The molecule has 0 bridgehead atoms. The molecule has 3 rings (SSSR count). The summed E-state index contributed by atoms with van der Waals surface area (Å²) in [6.07, 6.45) is 3.23. The van der Waals surface area contributed by atoms with Crippen molar-refractivity contribution in [3.05, 3.63) is 53.6 Å². The summed E-state index contributed by atoms with van der Waals surface area (Å²) >= 11 is 0. The third-order valence-corrected chi connectivity index (χ3v) is 4.33. The van der Waals surface area contributed by atoms with Gasteiger partial charge < -0.3 is 4.90 Å². The summed E-state index contributed by atoms with van der Waals surface area (Å²) in [6, 6.07) is 15.1. The fourth-order valence-corrected chi connectivity index (χ4v) is 2.86. The monoisotopic (exact) mass is 265 g/mol. The molecule has 2 heteroatoms. The summed E-state index contributed by atoms with van der Waals surface area (Å²) < 4.78 is 0. The Hall–Kier alpha value is -2.09. The standard InChI is InChI=1S/C18H19NO/c1-13-3-6-17-11-16(9-10-18(17)19(13)2)15-7-4-14(12-20)5-8-15/h4-5,7-13H,3,6H2,1-2H3/t13-/m0/s1. The molecular formula is C18H19NO. The second-order valence-corrected chi connectivity index (χ2v) is 5.58. The Balaban J connectivity index is 1.97. The first-order valence-electron chi connectivity index (χ1n) is 7.10. The summed E-state index contributed by atoms with van der Waals surface area (Å²) in [5.74, 6) is 0. The van der Waals surface area contributed by atoms with Gasteiger partial charge in [0.2, 0.25) is 0 Å². The van der Waals surface area contributed by atoms with Gasteiger partial charge >= 0.3 is 0 Å². The van der Waals surface area contributed by atoms with E-state index < -0.39 is 0 Å². The molecule has 0 fully saturated rings. The fourth-order valence-electron chi connectivity index (χ4n) is 2.86. The maximum atomic E-state index is 10.7. The van der Waals surface area contributed by atoms with E-state index >= 15 is 0 Å². The molecule has 0 saturated carbocycles. The van der Waals surface area contributed by atoms with Gasteiger partial charge in [0.15, 0.2) is 0 Å². The van der Waals surface area contributed by atoms with Crippen molar-refractivity contribution in [1.82, 2.24) is 0 Å². The van der Waals surface area contributed by atoms with Crippen LogP contribution in [0.25, 0.3) is 11.1 Å². The summed E-state index contributed by atoms with van der Waals surface area (Å²) in [6.45, 7) is 2.27. The molecule has 0 saturated heterocycles. The summed E-state index contributed by atoms with van der Waals surface area (Å²) in [7, 11) is 2.17. The highest BCUT2D eigenvalue weighted by atomic mass is 16.1. The number of rotatable bonds is 2. The molecule has 0 unspecified atom stereocenters. The molecule has 0 radical (unpaired) electrons. The molecule has 1 aliphatic rings. The molecule has 1 aliphatic heterocycles. The largest absolute Gasteiger partial charge is 0.372 e. The van der Waals surface area contributed by atoms with Crippen LogP contribution in [-0.4, -0.2) is 19.4 Å². The van der Waals surface area contributed by atoms with Crippen LogP contribution in [0, 0.1) is 0 Å². The SMILES string of the molecule is C[C@H]1CCc2cc(-c3ccc(C=O)cc3)ccc2N1C. The highest BCUT2D eigenvalue weighted by Crippen LogP contribution is 2.33. The van der Waals surface area contributed by atoms with E-state index in [0.717, 1.165) is 18.3 Å². The quantitative estimate of drug-likeness (QED) is 0.767. The summed E-state index contributed by atoms with van der Waals surface area (Å²) in [5, 5.41) is 0. The lowest BCUT2D eigenvalue weighted by Gasteiger charge is -2.34. The van der Waals surface area contributed by atoms with Crippen LogP contribution in [0.3, 0.4) is 0 Å². The van der Waals surface area contributed by atoms with Gasteiger partial charge in [-0.15, -0.1) is 0 Å². The second kappa shape index (κ2) is 5.12. The number of carbonyl (C=O) groups excluding carboxylic acids is 1. The van der Waals surface area contributed by atoms with Crippen LogP contribution in [0.5, 0.6) is 0 Å². The molecule has 2 aromatic rings.